The number of nitrogens with zero attached hydrogens (tertiary/aromatic N) is 1. The highest BCUT2D eigenvalue weighted by molar-refractivity contribution is 7.81. The molecule has 1 aromatic heterocycles. The molecular weight excluding hydrogens is 448 g/mol. The molecule has 6 nitrogen and oxygen atoms in total. The number of ether oxygens (including phenoxy) is 2. The number of rotatable bonds is 5. The molecule has 0 fully saturated rings. The van der Waals surface area contributed by atoms with E-state index in [0.717, 1.165) is 16.5 Å². The van der Waals surface area contributed by atoms with Gasteiger partial charge in [-0.2, -0.15) is 4.57 Å². The van der Waals surface area contributed by atoms with Crippen molar-refractivity contribution >= 4 is 45.1 Å². The molecule has 3 aromatic carbocycles. The molecule has 0 saturated heterocycles. The molecule has 3 N–H and O–H groups in total. The lowest BCUT2D eigenvalue weighted by Gasteiger charge is -2.19. The van der Waals surface area contributed by atoms with E-state index in [1.807, 2.05) is 42.5 Å². The number of pyridine rings is 1. The van der Waals surface area contributed by atoms with Crippen LogP contribution in [0.25, 0.3) is 22.2 Å². The van der Waals surface area contributed by atoms with Crippen molar-refractivity contribution in [2.24, 2.45) is 0 Å². The molecule has 34 heavy (non-hydrogen) atoms. The monoisotopic (exact) mass is 471 g/mol. The number of aliphatic hydroxyl groups excluding tert-OH is 2. The molecule has 7 heteroatoms. The molecule has 0 aliphatic carbocycles. The van der Waals surface area contributed by atoms with Gasteiger partial charge < -0.3 is 25.0 Å². The van der Waals surface area contributed by atoms with Gasteiger partial charge in [0, 0.05) is 28.3 Å². The van der Waals surface area contributed by atoms with Crippen molar-refractivity contribution in [3.8, 4) is 11.5 Å². The Balaban J connectivity index is 1.61. The molecule has 4 aromatic rings. The maximum atomic E-state index is 11.4. The maximum absolute atomic E-state index is 11.4. The minimum atomic E-state index is -0.136. The second-order valence-electron chi connectivity index (χ2n) is 7.81. The number of aliphatic hydroxyl groups is 2. The average molecular weight is 472 g/mol. The summed E-state index contributed by atoms with van der Waals surface area (Å²) in [6.45, 7) is 0.798. The first kappa shape index (κ1) is 21.9. The second-order valence-corrected chi connectivity index (χ2v) is 8.22. The van der Waals surface area contributed by atoms with Gasteiger partial charge in [-0.3, -0.25) is 0 Å². The summed E-state index contributed by atoms with van der Waals surface area (Å²) in [6, 6.07) is 22.8. The van der Waals surface area contributed by atoms with Crippen LogP contribution in [-0.2, 0) is 6.61 Å². The fraction of sp³-hybridized carbons (Fsp3) is 0.111. The number of anilines is 1. The van der Waals surface area contributed by atoms with Crippen molar-refractivity contribution in [1.29, 1.82) is 0 Å². The Morgan fingerprint density at radius 2 is 1.74 bits per heavy atom. The van der Waals surface area contributed by atoms with Gasteiger partial charge >= 0.3 is 0 Å². The summed E-state index contributed by atoms with van der Waals surface area (Å²) in [6.07, 6.45) is 3.51. The Hall–Kier alpha value is -3.94. The van der Waals surface area contributed by atoms with E-state index in [2.05, 4.69) is 5.32 Å². The fourth-order valence-electron chi connectivity index (χ4n) is 3.95. The largest absolute Gasteiger partial charge is 0.502 e. The van der Waals surface area contributed by atoms with E-state index in [1.165, 1.54) is 0 Å². The normalized spacial score (nSPS) is 13.3. The van der Waals surface area contributed by atoms with Crippen LogP contribution in [0.15, 0.2) is 85.2 Å². The summed E-state index contributed by atoms with van der Waals surface area (Å²) < 4.78 is 13.0. The third-order valence-electron chi connectivity index (χ3n) is 5.60. The summed E-state index contributed by atoms with van der Waals surface area (Å²) >= 11 is 5.81. The van der Waals surface area contributed by atoms with E-state index < -0.39 is 0 Å². The van der Waals surface area contributed by atoms with Gasteiger partial charge in [-0.25, -0.2) is 0 Å². The molecular formula is C27H23N2O4S+. The number of hydrogen-bond acceptors (Lipinski definition) is 5. The van der Waals surface area contributed by atoms with E-state index >= 15 is 0 Å². The first-order valence-electron chi connectivity index (χ1n) is 10.9. The smallest absolute Gasteiger partial charge is 0.288 e. The molecule has 0 radical (unpaired) electrons. The SMILES string of the molecule is OCc1ccc[n+](/C(C(=S)Nc2cccc3ccccc23)=C(/O)c2ccc3c(c2)OCCO3)c1. The van der Waals surface area contributed by atoms with Gasteiger partial charge in [0.2, 0.25) is 0 Å². The summed E-state index contributed by atoms with van der Waals surface area (Å²) in [5.74, 6) is 1.17. The van der Waals surface area contributed by atoms with Gasteiger partial charge in [0.25, 0.3) is 5.70 Å². The maximum Gasteiger partial charge on any atom is 0.288 e. The van der Waals surface area contributed by atoms with Gasteiger partial charge in [-0.05, 0) is 35.7 Å². The van der Waals surface area contributed by atoms with E-state index in [1.54, 1.807) is 47.3 Å². The number of nitrogens with one attached hydrogen (secondary N) is 1. The molecule has 1 aliphatic heterocycles. The zero-order valence-corrected chi connectivity index (χ0v) is 19.1. The lowest BCUT2D eigenvalue weighted by atomic mass is 10.1. The number of benzene rings is 3. The van der Waals surface area contributed by atoms with Crippen LogP contribution >= 0.6 is 12.2 Å². The third kappa shape index (κ3) is 4.31. The van der Waals surface area contributed by atoms with Crippen LogP contribution in [0.5, 0.6) is 11.5 Å². The molecule has 0 spiro atoms. The zero-order valence-electron chi connectivity index (χ0n) is 18.3. The van der Waals surface area contributed by atoms with Crippen molar-refractivity contribution in [2.45, 2.75) is 6.61 Å². The minimum Gasteiger partial charge on any atom is -0.502 e. The van der Waals surface area contributed by atoms with E-state index in [-0.39, 0.29) is 12.4 Å². The molecule has 170 valence electrons. The number of hydrogen-bond donors (Lipinski definition) is 3. The molecule has 0 saturated carbocycles. The Bertz CT molecular complexity index is 1410. The van der Waals surface area contributed by atoms with E-state index in [4.69, 9.17) is 21.7 Å². The van der Waals surface area contributed by atoms with Crippen molar-refractivity contribution < 1.29 is 24.3 Å². The molecule has 2 heterocycles. The Morgan fingerprint density at radius 3 is 2.59 bits per heavy atom. The molecule has 0 bridgehead atoms. The van der Waals surface area contributed by atoms with Gasteiger partial charge in [-0.15, -0.1) is 0 Å². The number of aromatic nitrogens is 1. The predicted octanol–water partition coefficient (Wildman–Crippen LogP) is 4.71. The average Bonchev–Trinajstić information content (AvgIpc) is 2.89. The van der Waals surface area contributed by atoms with Crippen LogP contribution < -0.4 is 19.4 Å². The van der Waals surface area contributed by atoms with Crippen molar-refractivity contribution in [2.75, 3.05) is 18.5 Å². The molecule has 0 unspecified atom stereocenters. The summed E-state index contributed by atoms with van der Waals surface area (Å²) in [5.41, 5.74) is 2.41. The molecule has 0 amide bonds. The predicted molar refractivity (Wildman–Crippen MR) is 136 cm³/mol. The fourth-order valence-corrected chi connectivity index (χ4v) is 4.26. The lowest BCUT2D eigenvalue weighted by molar-refractivity contribution is -0.576. The minimum absolute atomic E-state index is 0.0326. The Labute approximate surface area is 202 Å². The van der Waals surface area contributed by atoms with Crippen molar-refractivity contribution in [1.82, 2.24) is 0 Å². The lowest BCUT2D eigenvalue weighted by Crippen LogP contribution is -2.39. The van der Waals surface area contributed by atoms with Crippen LogP contribution in [0.2, 0.25) is 0 Å². The quantitative estimate of drug-likeness (QED) is 0.169. The van der Waals surface area contributed by atoms with E-state index in [9.17, 15) is 10.2 Å². The van der Waals surface area contributed by atoms with Crippen molar-refractivity contribution in [3.63, 3.8) is 0 Å². The topological polar surface area (TPSA) is 74.8 Å². The number of thiocarbonyl (C=S) groups is 1. The van der Waals surface area contributed by atoms with Crippen molar-refractivity contribution in [3.05, 3.63) is 96.3 Å². The summed E-state index contributed by atoms with van der Waals surface area (Å²) in [4.78, 5) is 0.323. The Kier molecular flexibility index (Phi) is 6.12. The zero-order chi connectivity index (χ0) is 23.5. The van der Waals surface area contributed by atoms with Crippen LogP contribution in [0.1, 0.15) is 11.1 Å². The second kappa shape index (κ2) is 9.51. The van der Waals surface area contributed by atoms with Crippen LogP contribution in [0.3, 0.4) is 0 Å². The number of fused-ring (bicyclic) bond motifs is 2. The van der Waals surface area contributed by atoms with Crippen LogP contribution in [0.4, 0.5) is 5.69 Å². The van der Waals surface area contributed by atoms with Crippen LogP contribution in [-0.4, -0.2) is 28.4 Å². The van der Waals surface area contributed by atoms with Crippen LogP contribution in [0, 0.1) is 0 Å². The molecule has 1 aliphatic rings. The summed E-state index contributed by atoms with van der Waals surface area (Å²) in [7, 11) is 0. The Morgan fingerprint density at radius 1 is 0.941 bits per heavy atom. The van der Waals surface area contributed by atoms with Gasteiger partial charge in [-0.1, -0.05) is 48.6 Å². The molecule has 5 rings (SSSR count). The van der Waals surface area contributed by atoms with Gasteiger partial charge in [0.1, 0.15) is 13.2 Å². The van der Waals surface area contributed by atoms with Gasteiger partial charge in [0.05, 0.1) is 6.61 Å². The van der Waals surface area contributed by atoms with Gasteiger partial charge in [0.15, 0.2) is 34.6 Å². The first-order chi connectivity index (χ1) is 16.6. The molecule has 0 atom stereocenters. The van der Waals surface area contributed by atoms with E-state index in [0.29, 0.717) is 46.5 Å². The first-order valence-corrected chi connectivity index (χ1v) is 11.3. The summed E-state index contributed by atoms with van der Waals surface area (Å²) in [5, 5.41) is 26.5. The standard InChI is InChI=1S/C27H22N2O4S/c30-17-18-5-4-12-29(16-18)25(26(31)20-10-11-23-24(15-20)33-14-13-32-23)27(34)28-22-9-3-7-19-6-1-2-8-21(19)22/h1-12,15-16,30H,13-14,17H2,(H-,28,31,34)/p+1. The third-order valence-corrected chi connectivity index (χ3v) is 5.89. The highest BCUT2D eigenvalue weighted by Crippen LogP contribution is 2.33. The highest BCUT2D eigenvalue weighted by atomic mass is 32.1. The highest BCUT2D eigenvalue weighted by Gasteiger charge is 2.26.